The van der Waals surface area contributed by atoms with Gasteiger partial charge in [0.25, 0.3) is 5.56 Å². The summed E-state index contributed by atoms with van der Waals surface area (Å²) in [5.74, 6) is -0.334. The molecule has 0 saturated carbocycles. The van der Waals surface area contributed by atoms with Crippen molar-refractivity contribution in [1.82, 2.24) is 10.2 Å². The number of aromatic amines is 1. The molecule has 0 bridgehead atoms. The highest BCUT2D eigenvalue weighted by molar-refractivity contribution is 6.31. The van der Waals surface area contributed by atoms with E-state index in [9.17, 15) is 9.59 Å². The van der Waals surface area contributed by atoms with Gasteiger partial charge in [0, 0.05) is 21.2 Å². The van der Waals surface area contributed by atoms with Gasteiger partial charge >= 0.3 is 0 Å². The number of aromatic nitrogens is 2. The van der Waals surface area contributed by atoms with Gasteiger partial charge in [-0.3, -0.25) is 9.59 Å². The molecule has 120 valence electrons. The number of carbonyl (C=O) groups is 1. The Morgan fingerprint density at radius 3 is 1.92 bits per heavy atom. The average Bonchev–Trinajstić information content (AvgIpc) is 2.56. The Morgan fingerprint density at radius 1 is 0.917 bits per heavy atom. The summed E-state index contributed by atoms with van der Waals surface area (Å²) in [6, 6.07) is 13.9. The zero-order chi connectivity index (χ0) is 17.3. The third kappa shape index (κ3) is 3.11. The summed E-state index contributed by atoms with van der Waals surface area (Å²) in [6.45, 7) is 1.36. The van der Waals surface area contributed by atoms with Crippen LogP contribution in [0.5, 0.6) is 0 Å². The van der Waals surface area contributed by atoms with Crippen molar-refractivity contribution in [2.24, 2.45) is 0 Å². The second kappa shape index (κ2) is 6.59. The molecule has 1 aromatic heterocycles. The van der Waals surface area contributed by atoms with E-state index in [0.29, 0.717) is 26.9 Å². The Kier molecular flexibility index (Phi) is 4.51. The summed E-state index contributed by atoms with van der Waals surface area (Å²) in [7, 11) is 0. The number of halogens is 2. The molecule has 4 nitrogen and oxygen atoms in total. The summed E-state index contributed by atoms with van der Waals surface area (Å²) in [5, 5.41) is 7.70. The van der Waals surface area contributed by atoms with Crippen LogP contribution in [0.1, 0.15) is 17.3 Å². The number of H-pyrrole nitrogens is 1. The minimum Gasteiger partial charge on any atom is -0.294 e. The maximum absolute atomic E-state index is 12.2. The van der Waals surface area contributed by atoms with Crippen molar-refractivity contribution in [3.8, 4) is 22.4 Å². The van der Waals surface area contributed by atoms with Gasteiger partial charge in [-0.1, -0.05) is 47.5 Å². The van der Waals surface area contributed by atoms with E-state index in [2.05, 4.69) is 10.2 Å². The molecule has 0 unspecified atom stereocenters. The lowest BCUT2D eigenvalue weighted by molar-refractivity contribution is 0.101. The second-order valence-corrected chi connectivity index (χ2v) is 6.09. The fourth-order valence-corrected chi connectivity index (χ4v) is 2.75. The monoisotopic (exact) mass is 358 g/mol. The molecule has 0 aliphatic heterocycles. The Labute approximate surface area is 148 Å². The van der Waals surface area contributed by atoms with E-state index in [4.69, 9.17) is 23.2 Å². The summed E-state index contributed by atoms with van der Waals surface area (Å²) in [6.07, 6.45) is 0. The number of carbonyl (C=O) groups excluding carboxylic acids is 1. The molecule has 0 fully saturated rings. The van der Waals surface area contributed by atoms with Gasteiger partial charge in [-0.05, 0) is 36.8 Å². The van der Waals surface area contributed by atoms with Gasteiger partial charge in [0.15, 0.2) is 5.78 Å². The quantitative estimate of drug-likeness (QED) is 0.695. The lowest BCUT2D eigenvalue weighted by Gasteiger charge is -2.12. The molecule has 3 aromatic rings. The Morgan fingerprint density at radius 2 is 1.42 bits per heavy atom. The fourth-order valence-electron chi connectivity index (χ4n) is 2.50. The number of nitrogens with zero attached hydrogens (tertiary/aromatic N) is 1. The van der Waals surface area contributed by atoms with E-state index >= 15 is 0 Å². The van der Waals surface area contributed by atoms with Gasteiger partial charge in [0.1, 0.15) is 0 Å². The highest BCUT2D eigenvalue weighted by atomic mass is 35.5. The lowest BCUT2D eigenvalue weighted by atomic mass is 9.94. The largest absolute Gasteiger partial charge is 0.294 e. The molecule has 6 heteroatoms. The Bertz CT molecular complexity index is 962. The minimum atomic E-state index is -0.523. The fraction of sp³-hybridized carbons (Fsp3) is 0.0556. The average molecular weight is 359 g/mol. The number of ketones is 1. The van der Waals surface area contributed by atoms with Gasteiger partial charge in [-0.25, -0.2) is 5.10 Å². The van der Waals surface area contributed by atoms with Gasteiger partial charge in [0.2, 0.25) is 0 Å². The highest BCUT2D eigenvalue weighted by Crippen LogP contribution is 2.33. The topological polar surface area (TPSA) is 62.8 Å². The molecule has 0 aliphatic carbocycles. The normalized spacial score (nSPS) is 10.6. The molecule has 2 aromatic carbocycles. The standard InChI is InChI=1S/C18H12Cl2N2O2/c1-10(23)15-16(11-2-6-13(19)7-3-11)17(21-22-18(15)24)12-4-8-14(20)9-5-12/h2-9H,1H3,(H,22,24). The van der Waals surface area contributed by atoms with Gasteiger partial charge < -0.3 is 0 Å². The summed E-state index contributed by atoms with van der Waals surface area (Å²) < 4.78 is 0. The second-order valence-electron chi connectivity index (χ2n) is 5.22. The van der Waals surface area contributed by atoms with Gasteiger partial charge in [-0.2, -0.15) is 5.10 Å². The molecule has 0 saturated heterocycles. The van der Waals surface area contributed by atoms with E-state index in [1.807, 2.05) is 0 Å². The molecule has 1 N–H and O–H groups in total. The third-order valence-electron chi connectivity index (χ3n) is 3.59. The van der Waals surface area contributed by atoms with Crippen LogP contribution in [0.15, 0.2) is 53.3 Å². The zero-order valence-electron chi connectivity index (χ0n) is 12.6. The number of nitrogens with one attached hydrogen (secondary N) is 1. The summed E-state index contributed by atoms with van der Waals surface area (Å²) in [4.78, 5) is 24.2. The van der Waals surface area contributed by atoms with E-state index in [1.165, 1.54) is 6.92 Å². The molecular weight excluding hydrogens is 347 g/mol. The predicted molar refractivity (Wildman–Crippen MR) is 95.8 cm³/mol. The van der Waals surface area contributed by atoms with Crippen LogP contribution in [0.3, 0.4) is 0 Å². The molecule has 0 radical (unpaired) electrons. The first-order chi connectivity index (χ1) is 11.5. The highest BCUT2D eigenvalue weighted by Gasteiger charge is 2.20. The number of rotatable bonds is 3. The van der Waals surface area contributed by atoms with Crippen molar-refractivity contribution in [1.29, 1.82) is 0 Å². The van der Waals surface area contributed by atoms with E-state index < -0.39 is 5.56 Å². The molecule has 0 spiro atoms. The Balaban J connectivity index is 2.35. The van der Waals surface area contributed by atoms with Crippen molar-refractivity contribution in [2.45, 2.75) is 6.92 Å². The predicted octanol–water partition coefficient (Wildman–Crippen LogP) is 4.61. The van der Waals surface area contributed by atoms with Crippen LogP contribution in [-0.4, -0.2) is 16.0 Å². The van der Waals surface area contributed by atoms with E-state index in [1.54, 1.807) is 48.5 Å². The SMILES string of the molecule is CC(=O)c1c(-c2ccc(Cl)cc2)c(-c2ccc(Cl)cc2)n[nH]c1=O. The molecule has 0 aliphatic rings. The summed E-state index contributed by atoms with van der Waals surface area (Å²) >= 11 is 11.9. The van der Waals surface area contributed by atoms with Crippen LogP contribution in [0.2, 0.25) is 10.0 Å². The molecule has 0 amide bonds. The van der Waals surface area contributed by atoms with Crippen LogP contribution in [0, 0.1) is 0 Å². The first-order valence-corrected chi connectivity index (χ1v) is 7.88. The van der Waals surface area contributed by atoms with Crippen LogP contribution in [0.25, 0.3) is 22.4 Å². The Hall–Kier alpha value is -2.43. The number of hydrogen-bond donors (Lipinski definition) is 1. The van der Waals surface area contributed by atoms with Crippen molar-refractivity contribution < 1.29 is 4.79 Å². The smallest absolute Gasteiger partial charge is 0.275 e. The first-order valence-electron chi connectivity index (χ1n) is 7.13. The van der Waals surface area contributed by atoms with E-state index in [-0.39, 0.29) is 11.3 Å². The maximum atomic E-state index is 12.2. The first kappa shape index (κ1) is 16.4. The van der Waals surface area contributed by atoms with Crippen molar-refractivity contribution in [3.05, 3.63) is 74.5 Å². The zero-order valence-corrected chi connectivity index (χ0v) is 14.2. The molecular formula is C18H12Cl2N2O2. The molecule has 3 rings (SSSR count). The summed E-state index contributed by atoms with van der Waals surface area (Å²) in [5.41, 5.74) is 1.95. The number of hydrogen-bond acceptors (Lipinski definition) is 3. The number of Topliss-reactive ketones (excluding diaryl/α,β-unsaturated/α-hetero) is 1. The van der Waals surface area contributed by atoms with E-state index in [0.717, 1.165) is 5.56 Å². The van der Waals surface area contributed by atoms with Crippen molar-refractivity contribution in [2.75, 3.05) is 0 Å². The van der Waals surface area contributed by atoms with Crippen LogP contribution in [0.4, 0.5) is 0 Å². The van der Waals surface area contributed by atoms with Crippen molar-refractivity contribution in [3.63, 3.8) is 0 Å². The van der Waals surface area contributed by atoms with Crippen molar-refractivity contribution >= 4 is 29.0 Å². The van der Waals surface area contributed by atoms with Crippen LogP contribution < -0.4 is 5.56 Å². The van der Waals surface area contributed by atoms with Crippen LogP contribution in [-0.2, 0) is 0 Å². The van der Waals surface area contributed by atoms with Gasteiger partial charge in [-0.15, -0.1) is 0 Å². The lowest BCUT2D eigenvalue weighted by Crippen LogP contribution is -2.20. The molecule has 24 heavy (non-hydrogen) atoms. The molecule has 1 heterocycles. The minimum absolute atomic E-state index is 0.0669. The maximum Gasteiger partial charge on any atom is 0.275 e. The van der Waals surface area contributed by atoms with Crippen LogP contribution >= 0.6 is 23.2 Å². The number of benzene rings is 2. The van der Waals surface area contributed by atoms with Gasteiger partial charge in [0.05, 0.1) is 11.3 Å². The third-order valence-corrected chi connectivity index (χ3v) is 4.09. The molecule has 0 atom stereocenters.